The van der Waals surface area contributed by atoms with E-state index in [1.54, 1.807) is 74.9 Å². The molecule has 12 nitrogen and oxygen atoms in total. The van der Waals surface area contributed by atoms with Crippen molar-refractivity contribution in [1.82, 2.24) is 19.9 Å². The van der Waals surface area contributed by atoms with E-state index in [2.05, 4.69) is 20.5 Å². The van der Waals surface area contributed by atoms with Crippen LogP contribution in [0.1, 0.15) is 10.4 Å². The van der Waals surface area contributed by atoms with Gasteiger partial charge in [-0.25, -0.2) is 28.2 Å². The number of amides is 3. The second kappa shape index (κ2) is 13.1. The van der Waals surface area contributed by atoms with Gasteiger partial charge in [0.2, 0.25) is 0 Å². The SMILES string of the molecule is CN(C)C(=O)c1ccc(NC(=O)Nc2ccc(-c3nc(N4CCOCC4)c4ccc(-c5cccc(S(C)(=O)=O)c5)cc4n3)cn2)cc1. The molecule has 5 aromatic rings. The first-order valence-electron chi connectivity index (χ1n) is 14.9. The highest BCUT2D eigenvalue weighted by molar-refractivity contribution is 7.90. The number of carbonyl (C=O) groups excluding carboxylic acids is 2. The van der Waals surface area contributed by atoms with Crippen molar-refractivity contribution >= 4 is 50.0 Å². The number of ether oxygens (including phenoxy) is 1. The molecular weight excluding hydrogens is 618 g/mol. The molecule has 0 spiro atoms. The summed E-state index contributed by atoms with van der Waals surface area (Å²) in [6, 6.07) is 22.3. The van der Waals surface area contributed by atoms with Crippen LogP contribution in [0.5, 0.6) is 0 Å². The first kappa shape index (κ1) is 31.6. The highest BCUT2D eigenvalue weighted by Gasteiger charge is 2.19. The summed E-state index contributed by atoms with van der Waals surface area (Å²) in [5.41, 5.74) is 3.97. The van der Waals surface area contributed by atoms with Gasteiger partial charge in [0, 0.05) is 61.8 Å². The van der Waals surface area contributed by atoms with Crippen LogP contribution in [0.25, 0.3) is 33.4 Å². The van der Waals surface area contributed by atoms with E-state index in [1.807, 2.05) is 24.3 Å². The van der Waals surface area contributed by atoms with Crippen LogP contribution in [0.2, 0.25) is 0 Å². The van der Waals surface area contributed by atoms with Crippen molar-refractivity contribution in [1.29, 1.82) is 0 Å². The molecule has 3 aromatic carbocycles. The number of urea groups is 1. The summed E-state index contributed by atoms with van der Waals surface area (Å²) in [6.45, 7) is 2.52. The van der Waals surface area contributed by atoms with Gasteiger partial charge in [-0.2, -0.15) is 0 Å². The molecule has 1 aliphatic heterocycles. The van der Waals surface area contributed by atoms with Crippen molar-refractivity contribution in [2.75, 3.05) is 62.2 Å². The quantitative estimate of drug-likeness (QED) is 0.250. The standard InChI is InChI=1S/C34H33N7O5S/c1-40(2)33(42)22-7-11-26(12-8-22)36-34(43)38-30-14-10-25(21-35-30)31-37-29-20-24(23-5-4-6-27(19-23)47(3,44)45)9-13-28(29)32(39-31)41-15-17-46-18-16-41/h4-14,19-21H,15-18H2,1-3H3,(H2,35,36,38,43). The van der Waals surface area contributed by atoms with E-state index in [4.69, 9.17) is 14.7 Å². The number of nitrogens with one attached hydrogen (secondary N) is 2. The summed E-state index contributed by atoms with van der Waals surface area (Å²) < 4.78 is 29.9. The maximum atomic E-state index is 12.6. The van der Waals surface area contributed by atoms with Crippen molar-refractivity contribution in [3.05, 3.63) is 90.6 Å². The lowest BCUT2D eigenvalue weighted by Gasteiger charge is -2.29. The lowest BCUT2D eigenvalue weighted by atomic mass is 10.0. The molecule has 0 unspecified atom stereocenters. The number of benzene rings is 3. The van der Waals surface area contributed by atoms with E-state index in [9.17, 15) is 18.0 Å². The third-order valence-corrected chi connectivity index (χ3v) is 8.75. The molecule has 6 rings (SSSR count). The van der Waals surface area contributed by atoms with Crippen LogP contribution < -0.4 is 15.5 Å². The van der Waals surface area contributed by atoms with E-state index >= 15 is 0 Å². The maximum Gasteiger partial charge on any atom is 0.324 e. The van der Waals surface area contributed by atoms with E-state index in [1.165, 1.54) is 11.2 Å². The minimum absolute atomic E-state index is 0.127. The molecule has 0 aliphatic carbocycles. The second-order valence-electron chi connectivity index (χ2n) is 11.3. The van der Waals surface area contributed by atoms with Crippen molar-refractivity contribution in [3.63, 3.8) is 0 Å². The van der Waals surface area contributed by atoms with Crippen molar-refractivity contribution in [2.45, 2.75) is 4.90 Å². The fourth-order valence-electron chi connectivity index (χ4n) is 5.18. The molecule has 47 heavy (non-hydrogen) atoms. The van der Waals surface area contributed by atoms with Crippen LogP contribution in [0.15, 0.2) is 90.0 Å². The Morgan fingerprint density at radius 1 is 0.851 bits per heavy atom. The summed E-state index contributed by atoms with van der Waals surface area (Å²) in [5, 5.41) is 6.32. The second-order valence-corrected chi connectivity index (χ2v) is 13.3. The predicted octanol–water partition coefficient (Wildman–Crippen LogP) is 4.94. The molecule has 0 atom stereocenters. The lowest BCUT2D eigenvalue weighted by molar-refractivity contribution is 0.0827. The smallest absolute Gasteiger partial charge is 0.324 e. The molecule has 13 heteroatoms. The zero-order valence-corrected chi connectivity index (χ0v) is 26.9. The van der Waals surface area contributed by atoms with Crippen LogP contribution in [-0.4, -0.2) is 86.9 Å². The number of aromatic nitrogens is 3. The molecule has 1 saturated heterocycles. The fourth-order valence-corrected chi connectivity index (χ4v) is 5.84. The average Bonchev–Trinajstić information content (AvgIpc) is 3.08. The Hall–Kier alpha value is -5.40. The number of hydrogen-bond acceptors (Lipinski definition) is 9. The fraction of sp³-hybridized carbons (Fsp3) is 0.206. The number of nitrogens with zero attached hydrogens (tertiary/aromatic N) is 5. The Morgan fingerprint density at radius 2 is 1.57 bits per heavy atom. The number of pyridine rings is 1. The number of hydrogen-bond donors (Lipinski definition) is 2. The zero-order valence-electron chi connectivity index (χ0n) is 26.1. The molecule has 1 fully saturated rings. The van der Waals surface area contributed by atoms with Crippen LogP contribution in [0.3, 0.4) is 0 Å². The molecule has 0 saturated carbocycles. The summed E-state index contributed by atoms with van der Waals surface area (Å²) in [5.74, 6) is 1.42. The average molecular weight is 652 g/mol. The predicted molar refractivity (Wildman–Crippen MR) is 181 cm³/mol. The normalized spacial score (nSPS) is 13.3. The van der Waals surface area contributed by atoms with Crippen LogP contribution in [0, 0.1) is 0 Å². The van der Waals surface area contributed by atoms with E-state index in [0.29, 0.717) is 60.3 Å². The van der Waals surface area contributed by atoms with Crippen molar-refractivity contribution in [2.24, 2.45) is 0 Å². The summed E-state index contributed by atoms with van der Waals surface area (Å²) in [6.07, 6.45) is 2.79. The summed E-state index contributed by atoms with van der Waals surface area (Å²) in [7, 11) is -0.0140. The Kier molecular flexibility index (Phi) is 8.83. The molecule has 1 aliphatic rings. The first-order valence-corrected chi connectivity index (χ1v) is 16.8. The number of rotatable bonds is 7. The topological polar surface area (TPSA) is 147 Å². The summed E-state index contributed by atoms with van der Waals surface area (Å²) >= 11 is 0. The highest BCUT2D eigenvalue weighted by Crippen LogP contribution is 2.32. The molecule has 3 amide bonds. The maximum absolute atomic E-state index is 12.6. The number of morpholine rings is 1. The van der Waals surface area contributed by atoms with Gasteiger partial charge in [-0.05, 0) is 71.8 Å². The van der Waals surface area contributed by atoms with E-state index in [-0.39, 0.29) is 10.8 Å². The molecule has 2 N–H and O–H groups in total. The Labute approximate surface area is 272 Å². The van der Waals surface area contributed by atoms with Gasteiger partial charge >= 0.3 is 6.03 Å². The van der Waals surface area contributed by atoms with Gasteiger partial charge in [-0.3, -0.25) is 10.1 Å². The molecule has 0 radical (unpaired) electrons. The first-order chi connectivity index (χ1) is 22.5. The highest BCUT2D eigenvalue weighted by atomic mass is 32.2. The number of sulfone groups is 1. The van der Waals surface area contributed by atoms with Crippen molar-refractivity contribution < 1.29 is 22.7 Å². The molecule has 240 valence electrons. The van der Waals surface area contributed by atoms with E-state index < -0.39 is 15.9 Å². The van der Waals surface area contributed by atoms with Gasteiger partial charge in [-0.1, -0.05) is 18.2 Å². The molecular formula is C34H33N7O5S. The number of fused-ring (bicyclic) bond motifs is 1. The summed E-state index contributed by atoms with van der Waals surface area (Å²) in [4.78, 5) is 42.9. The Bertz CT molecular complexity index is 2060. The monoisotopic (exact) mass is 651 g/mol. The van der Waals surface area contributed by atoms with E-state index in [0.717, 1.165) is 22.3 Å². The van der Waals surface area contributed by atoms with Crippen LogP contribution >= 0.6 is 0 Å². The number of carbonyl (C=O) groups is 2. The molecule has 2 aromatic heterocycles. The largest absolute Gasteiger partial charge is 0.378 e. The molecule has 3 heterocycles. The van der Waals surface area contributed by atoms with Gasteiger partial charge < -0.3 is 19.9 Å². The number of anilines is 3. The van der Waals surface area contributed by atoms with Gasteiger partial charge in [-0.15, -0.1) is 0 Å². The minimum atomic E-state index is -3.37. The zero-order chi connectivity index (χ0) is 33.1. The Balaban J connectivity index is 1.26. The van der Waals surface area contributed by atoms with Gasteiger partial charge in [0.1, 0.15) is 11.6 Å². The van der Waals surface area contributed by atoms with Gasteiger partial charge in [0.15, 0.2) is 15.7 Å². The Morgan fingerprint density at radius 3 is 2.26 bits per heavy atom. The van der Waals surface area contributed by atoms with Crippen molar-refractivity contribution in [3.8, 4) is 22.5 Å². The minimum Gasteiger partial charge on any atom is -0.378 e. The van der Waals surface area contributed by atoms with Crippen LogP contribution in [0.4, 0.5) is 22.1 Å². The van der Waals surface area contributed by atoms with Gasteiger partial charge in [0.05, 0.1) is 23.6 Å². The van der Waals surface area contributed by atoms with Gasteiger partial charge in [0.25, 0.3) is 5.91 Å². The molecule has 0 bridgehead atoms. The third-order valence-electron chi connectivity index (χ3n) is 7.64. The lowest BCUT2D eigenvalue weighted by Crippen LogP contribution is -2.37. The van der Waals surface area contributed by atoms with Crippen LogP contribution in [-0.2, 0) is 14.6 Å². The third kappa shape index (κ3) is 7.21.